The molecule has 13 heavy (non-hydrogen) atoms. The van der Waals surface area contributed by atoms with Crippen LogP contribution in [0.2, 0.25) is 0 Å². The van der Waals surface area contributed by atoms with E-state index < -0.39 is 0 Å². The average Bonchev–Trinajstić information content (AvgIpc) is 2.03. The van der Waals surface area contributed by atoms with Crippen LogP contribution in [0.25, 0.3) is 0 Å². The van der Waals surface area contributed by atoms with Crippen molar-refractivity contribution in [2.75, 3.05) is 0 Å². The van der Waals surface area contributed by atoms with E-state index in [9.17, 15) is 0 Å². The van der Waals surface area contributed by atoms with Gasteiger partial charge in [0.2, 0.25) is 0 Å². The highest BCUT2D eigenvalue weighted by Gasteiger charge is 2.15. The molecule has 1 heterocycles. The van der Waals surface area contributed by atoms with E-state index in [-0.39, 0.29) is 5.54 Å². The van der Waals surface area contributed by atoms with E-state index in [1.54, 1.807) is 0 Å². The van der Waals surface area contributed by atoms with Gasteiger partial charge in [-0.3, -0.25) is 4.98 Å². The molecule has 0 aliphatic carbocycles. The Hall–Kier alpha value is -0.890. The second-order valence-corrected chi connectivity index (χ2v) is 4.35. The number of pyridine rings is 1. The van der Waals surface area contributed by atoms with Gasteiger partial charge in [0.25, 0.3) is 0 Å². The Morgan fingerprint density at radius 1 is 1.31 bits per heavy atom. The molecule has 0 aliphatic rings. The van der Waals surface area contributed by atoms with Crippen molar-refractivity contribution >= 4 is 0 Å². The standard InChI is InChI=1S/C11H18N2/c1-8(2)9-5-6-10(13-7-9)11(3,4)12/h5-8H,12H2,1-4H3. The molecule has 0 amide bonds. The maximum atomic E-state index is 5.92. The predicted molar refractivity (Wildman–Crippen MR) is 55.5 cm³/mol. The van der Waals surface area contributed by atoms with Gasteiger partial charge in [0.1, 0.15) is 0 Å². The van der Waals surface area contributed by atoms with Crippen LogP contribution in [-0.4, -0.2) is 4.98 Å². The first-order valence-electron chi connectivity index (χ1n) is 4.66. The third kappa shape index (κ3) is 2.52. The van der Waals surface area contributed by atoms with Gasteiger partial charge in [-0.1, -0.05) is 19.9 Å². The van der Waals surface area contributed by atoms with E-state index in [0.29, 0.717) is 5.92 Å². The molecule has 0 spiro atoms. The topological polar surface area (TPSA) is 38.9 Å². The molecule has 2 heteroatoms. The van der Waals surface area contributed by atoms with E-state index in [4.69, 9.17) is 5.73 Å². The smallest absolute Gasteiger partial charge is 0.0596 e. The molecule has 2 nitrogen and oxygen atoms in total. The van der Waals surface area contributed by atoms with Crippen molar-refractivity contribution in [3.05, 3.63) is 29.6 Å². The molecular weight excluding hydrogens is 160 g/mol. The van der Waals surface area contributed by atoms with E-state index in [1.165, 1.54) is 5.56 Å². The van der Waals surface area contributed by atoms with Crippen molar-refractivity contribution in [1.82, 2.24) is 4.98 Å². The van der Waals surface area contributed by atoms with E-state index >= 15 is 0 Å². The van der Waals surface area contributed by atoms with E-state index in [0.717, 1.165) is 5.69 Å². The minimum Gasteiger partial charge on any atom is -0.321 e. The Morgan fingerprint density at radius 2 is 1.92 bits per heavy atom. The molecule has 72 valence electrons. The third-order valence-electron chi connectivity index (χ3n) is 2.11. The highest BCUT2D eigenvalue weighted by atomic mass is 14.8. The first kappa shape index (κ1) is 10.2. The maximum absolute atomic E-state index is 5.92. The van der Waals surface area contributed by atoms with Crippen LogP contribution in [0.15, 0.2) is 18.3 Å². The predicted octanol–water partition coefficient (Wildman–Crippen LogP) is 2.40. The summed E-state index contributed by atoms with van der Waals surface area (Å²) < 4.78 is 0. The largest absolute Gasteiger partial charge is 0.321 e. The summed E-state index contributed by atoms with van der Waals surface area (Å²) in [6.45, 7) is 8.24. The third-order valence-corrected chi connectivity index (χ3v) is 2.11. The first-order chi connectivity index (χ1) is 5.91. The normalized spacial score (nSPS) is 12.2. The lowest BCUT2D eigenvalue weighted by Gasteiger charge is -2.18. The summed E-state index contributed by atoms with van der Waals surface area (Å²) in [7, 11) is 0. The van der Waals surface area contributed by atoms with Crippen LogP contribution in [0.4, 0.5) is 0 Å². The van der Waals surface area contributed by atoms with Crippen LogP contribution < -0.4 is 5.73 Å². The van der Waals surface area contributed by atoms with Crippen LogP contribution in [0.3, 0.4) is 0 Å². The second-order valence-electron chi connectivity index (χ2n) is 4.35. The lowest BCUT2D eigenvalue weighted by atomic mass is 9.99. The fourth-order valence-corrected chi connectivity index (χ4v) is 1.13. The van der Waals surface area contributed by atoms with Crippen LogP contribution >= 0.6 is 0 Å². The molecular formula is C11H18N2. The number of hydrogen-bond acceptors (Lipinski definition) is 2. The quantitative estimate of drug-likeness (QED) is 0.755. The minimum atomic E-state index is -0.338. The zero-order valence-corrected chi connectivity index (χ0v) is 8.83. The Balaban J connectivity index is 2.94. The Kier molecular flexibility index (Phi) is 2.71. The lowest BCUT2D eigenvalue weighted by Crippen LogP contribution is -2.29. The van der Waals surface area contributed by atoms with Crippen LogP contribution in [0, 0.1) is 0 Å². The zero-order valence-electron chi connectivity index (χ0n) is 8.83. The summed E-state index contributed by atoms with van der Waals surface area (Å²) in [4.78, 5) is 4.35. The monoisotopic (exact) mass is 178 g/mol. The molecule has 2 N–H and O–H groups in total. The number of nitrogens with zero attached hydrogens (tertiary/aromatic N) is 1. The summed E-state index contributed by atoms with van der Waals surface area (Å²) in [5.74, 6) is 0.530. The molecule has 1 aromatic rings. The number of aromatic nitrogens is 1. The van der Waals surface area contributed by atoms with Gasteiger partial charge < -0.3 is 5.73 Å². The van der Waals surface area contributed by atoms with Crippen molar-refractivity contribution < 1.29 is 0 Å². The maximum Gasteiger partial charge on any atom is 0.0596 e. The molecule has 1 aromatic heterocycles. The molecule has 0 radical (unpaired) electrons. The number of rotatable bonds is 2. The average molecular weight is 178 g/mol. The fraction of sp³-hybridized carbons (Fsp3) is 0.545. The zero-order chi connectivity index (χ0) is 10.1. The summed E-state index contributed by atoms with van der Waals surface area (Å²) in [6.07, 6.45) is 1.91. The summed E-state index contributed by atoms with van der Waals surface area (Å²) in [6, 6.07) is 4.11. The number of hydrogen-bond donors (Lipinski definition) is 1. The Labute approximate surface area is 80.2 Å². The van der Waals surface area contributed by atoms with Gasteiger partial charge in [-0.05, 0) is 31.4 Å². The van der Waals surface area contributed by atoms with E-state index in [2.05, 4.69) is 24.9 Å². The Morgan fingerprint density at radius 3 is 2.23 bits per heavy atom. The van der Waals surface area contributed by atoms with Gasteiger partial charge >= 0.3 is 0 Å². The van der Waals surface area contributed by atoms with Crippen LogP contribution in [0.1, 0.15) is 44.9 Å². The molecule has 0 fully saturated rings. The summed E-state index contributed by atoms with van der Waals surface area (Å²) >= 11 is 0. The van der Waals surface area contributed by atoms with Gasteiger partial charge in [0.05, 0.1) is 11.2 Å². The van der Waals surface area contributed by atoms with Gasteiger partial charge in [-0.15, -0.1) is 0 Å². The highest BCUT2D eigenvalue weighted by Crippen LogP contribution is 2.17. The fourth-order valence-electron chi connectivity index (χ4n) is 1.13. The minimum absolute atomic E-state index is 0.338. The molecule has 0 saturated heterocycles. The molecule has 0 aromatic carbocycles. The SMILES string of the molecule is CC(C)c1ccc(C(C)(C)N)nc1. The van der Waals surface area contributed by atoms with Gasteiger partial charge in [-0.2, -0.15) is 0 Å². The molecule has 0 unspecified atom stereocenters. The van der Waals surface area contributed by atoms with Crippen molar-refractivity contribution in [3.63, 3.8) is 0 Å². The van der Waals surface area contributed by atoms with Crippen molar-refractivity contribution in [2.45, 2.75) is 39.2 Å². The first-order valence-corrected chi connectivity index (χ1v) is 4.66. The van der Waals surface area contributed by atoms with Crippen LogP contribution in [-0.2, 0) is 5.54 Å². The van der Waals surface area contributed by atoms with Crippen molar-refractivity contribution in [2.24, 2.45) is 5.73 Å². The van der Waals surface area contributed by atoms with Crippen molar-refractivity contribution in [3.8, 4) is 0 Å². The second kappa shape index (κ2) is 3.46. The van der Waals surface area contributed by atoms with Crippen molar-refractivity contribution in [1.29, 1.82) is 0 Å². The van der Waals surface area contributed by atoms with E-state index in [1.807, 2.05) is 26.1 Å². The summed E-state index contributed by atoms with van der Waals surface area (Å²) in [5.41, 5.74) is 7.78. The highest BCUT2D eigenvalue weighted by molar-refractivity contribution is 5.20. The molecule has 1 rings (SSSR count). The molecule has 0 atom stereocenters. The Bertz CT molecular complexity index is 267. The summed E-state index contributed by atoms with van der Waals surface area (Å²) in [5, 5.41) is 0. The van der Waals surface area contributed by atoms with Crippen LogP contribution in [0.5, 0.6) is 0 Å². The molecule has 0 bridgehead atoms. The number of nitrogens with two attached hydrogens (primary N) is 1. The van der Waals surface area contributed by atoms with Gasteiger partial charge in [0.15, 0.2) is 0 Å². The van der Waals surface area contributed by atoms with Gasteiger partial charge in [-0.25, -0.2) is 0 Å². The lowest BCUT2D eigenvalue weighted by molar-refractivity contribution is 0.534. The molecule has 0 saturated carbocycles. The molecule has 0 aliphatic heterocycles. The van der Waals surface area contributed by atoms with Gasteiger partial charge in [0, 0.05) is 6.20 Å².